The van der Waals surface area contributed by atoms with E-state index < -0.39 is 17.5 Å². The van der Waals surface area contributed by atoms with Crippen LogP contribution in [0.1, 0.15) is 22.4 Å². The molecule has 1 atom stereocenters. The van der Waals surface area contributed by atoms with Crippen molar-refractivity contribution in [2.24, 2.45) is 0 Å². The number of hydrogen-bond acceptors (Lipinski definition) is 7. The first kappa shape index (κ1) is 22.9. The monoisotopic (exact) mass is 484 g/mol. The SMILES string of the molecule is COc1ccc(C2(C)NC(=O)N(CC(=O)NCCc3ccc(-c4csc(C)n4)s3)C2=O)cc1. The number of imide groups is 1. The molecule has 1 aliphatic heterocycles. The number of carbonyl (C=O) groups excluding carboxylic acids is 3. The van der Waals surface area contributed by atoms with Crippen LogP contribution in [0.2, 0.25) is 0 Å². The lowest BCUT2D eigenvalue weighted by atomic mass is 9.92. The number of urea groups is 1. The van der Waals surface area contributed by atoms with Crippen molar-refractivity contribution in [3.05, 3.63) is 57.2 Å². The van der Waals surface area contributed by atoms with Gasteiger partial charge in [-0.05, 0) is 50.1 Å². The molecule has 2 N–H and O–H groups in total. The fraction of sp³-hybridized carbons (Fsp3) is 0.304. The first-order valence-electron chi connectivity index (χ1n) is 10.4. The zero-order chi connectivity index (χ0) is 23.6. The Hall–Kier alpha value is -3.24. The summed E-state index contributed by atoms with van der Waals surface area (Å²) in [5.41, 5.74) is 0.357. The Morgan fingerprint density at radius 1 is 1.21 bits per heavy atom. The molecule has 1 fully saturated rings. The molecule has 33 heavy (non-hydrogen) atoms. The Morgan fingerprint density at radius 3 is 2.64 bits per heavy atom. The smallest absolute Gasteiger partial charge is 0.325 e. The summed E-state index contributed by atoms with van der Waals surface area (Å²) in [6.45, 7) is 3.69. The average molecular weight is 485 g/mol. The molecule has 3 aromatic rings. The highest BCUT2D eigenvalue weighted by Crippen LogP contribution is 2.30. The minimum absolute atomic E-state index is 0.329. The predicted molar refractivity (Wildman–Crippen MR) is 127 cm³/mol. The molecule has 172 valence electrons. The van der Waals surface area contributed by atoms with Crippen molar-refractivity contribution in [2.45, 2.75) is 25.8 Å². The number of aryl methyl sites for hydroxylation is 1. The standard InChI is InChI=1S/C23H24N4O4S2/c1-14-25-18(13-32-14)19-9-8-17(33-19)10-11-24-20(28)12-27-21(29)23(2,26-22(27)30)15-4-6-16(31-3)7-5-15/h4-9,13H,10-12H2,1-3H3,(H,24,28)(H,26,30). The van der Waals surface area contributed by atoms with Crippen molar-refractivity contribution >= 4 is 40.5 Å². The van der Waals surface area contributed by atoms with E-state index in [0.717, 1.165) is 25.4 Å². The van der Waals surface area contributed by atoms with Gasteiger partial charge in [-0.3, -0.25) is 14.5 Å². The highest BCUT2D eigenvalue weighted by Gasteiger charge is 2.49. The van der Waals surface area contributed by atoms with Crippen LogP contribution >= 0.6 is 22.7 Å². The Kier molecular flexibility index (Phi) is 6.48. The van der Waals surface area contributed by atoms with Gasteiger partial charge in [0.1, 0.15) is 17.8 Å². The van der Waals surface area contributed by atoms with E-state index in [1.165, 1.54) is 0 Å². The number of ether oxygens (including phenoxy) is 1. The second kappa shape index (κ2) is 9.32. The van der Waals surface area contributed by atoms with Gasteiger partial charge in [0.15, 0.2) is 0 Å². The minimum Gasteiger partial charge on any atom is -0.497 e. The summed E-state index contributed by atoms with van der Waals surface area (Å²) in [7, 11) is 1.55. The van der Waals surface area contributed by atoms with Crippen LogP contribution in [0, 0.1) is 6.92 Å². The van der Waals surface area contributed by atoms with Crippen LogP contribution in [0.4, 0.5) is 4.79 Å². The molecule has 0 radical (unpaired) electrons. The Labute approximate surface area is 199 Å². The van der Waals surface area contributed by atoms with Crippen LogP contribution in [0.5, 0.6) is 5.75 Å². The van der Waals surface area contributed by atoms with Crippen molar-refractivity contribution in [3.8, 4) is 16.3 Å². The maximum atomic E-state index is 13.0. The zero-order valence-electron chi connectivity index (χ0n) is 18.5. The molecular weight excluding hydrogens is 460 g/mol. The predicted octanol–water partition coefficient (Wildman–Crippen LogP) is 3.31. The lowest BCUT2D eigenvalue weighted by molar-refractivity contribution is -0.134. The number of methoxy groups -OCH3 is 1. The average Bonchev–Trinajstić information content (AvgIpc) is 3.50. The summed E-state index contributed by atoms with van der Waals surface area (Å²) in [5, 5.41) is 8.56. The maximum absolute atomic E-state index is 13.0. The van der Waals surface area contributed by atoms with Gasteiger partial charge in [0, 0.05) is 16.8 Å². The number of amides is 4. The van der Waals surface area contributed by atoms with E-state index in [1.54, 1.807) is 61.0 Å². The third-order valence-corrected chi connectivity index (χ3v) is 7.41. The molecule has 1 aromatic carbocycles. The molecular formula is C23H24N4O4S2. The fourth-order valence-electron chi connectivity index (χ4n) is 3.61. The number of benzene rings is 1. The summed E-state index contributed by atoms with van der Waals surface area (Å²) in [6, 6.07) is 10.4. The summed E-state index contributed by atoms with van der Waals surface area (Å²) in [6.07, 6.45) is 0.656. The van der Waals surface area contributed by atoms with Crippen molar-refractivity contribution in [1.82, 2.24) is 20.5 Å². The van der Waals surface area contributed by atoms with Gasteiger partial charge in [0.25, 0.3) is 5.91 Å². The van der Waals surface area contributed by atoms with Gasteiger partial charge in [-0.15, -0.1) is 22.7 Å². The second-order valence-corrected chi connectivity index (χ2v) is 10.0. The van der Waals surface area contributed by atoms with Crippen molar-refractivity contribution in [2.75, 3.05) is 20.2 Å². The topological polar surface area (TPSA) is 101 Å². The molecule has 0 spiro atoms. The number of thiophene rings is 1. The molecule has 1 unspecified atom stereocenters. The number of nitrogens with zero attached hydrogens (tertiary/aromatic N) is 2. The van der Waals surface area contributed by atoms with E-state index in [2.05, 4.69) is 15.6 Å². The van der Waals surface area contributed by atoms with Crippen LogP contribution in [0.15, 0.2) is 41.8 Å². The quantitative estimate of drug-likeness (QED) is 0.478. The summed E-state index contributed by atoms with van der Waals surface area (Å²) in [4.78, 5) is 45.5. The van der Waals surface area contributed by atoms with Crippen LogP contribution < -0.4 is 15.4 Å². The summed E-state index contributed by atoms with van der Waals surface area (Å²) >= 11 is 3.25. The molecule has 1 aliphatic rings. The molecule has 0 aliphatic carbocycles. The van der Waals surface area contributed by atoms with E-state index in [4.69, 9.17) is 4.74 Å². The number of aromatic nitrogens is 1. The molecule has 10 heteroatoms. The van der Waals surface area contributed by atoms with Gasteiger partial charge >= 0.3 is 6.03 Å². The largest absolute Gasteiger partial charge is 0.497 e. The van der Waals surface area contributed by atoms with E-state index in [-0.39, 0.29) is 12.5 Å². The molecule has 4 rings (SSSR count). The van der Waals surface area contributed by atoms with Gasteiger partial charge < -0.3 is 15.4 Å². The summed E-state index contributed by atoms with van der Waals surface area (Å²) < 4.78 is 5.14. The highest BCUT2D eigenvalue weighted by atomic mass is 32.1. The number of carbonyl (C=O) groups is 3. The third kappa shape index (κ3) is 4.76. The second-order valence-electron chi connectivity index (χ2n) is 7.79. The van der Waals surface area contributed by atoms with Gasteiger partial charge in [-0.2, -0.15) is 0 Å². The first-order chi connectivity index (χ1) is 15.8. The van der Waals surface area contributed by atoms with Crippen molar-refractivity contribution in [3.63, 3.8) is 0 Å². The van der Waals surface area contributed by atoms with Gasteiger partial charge in [-0.1, -0.05) is 12.1 Å². The van der Waals surface area contributed by atoms with E-state index in [0.29, 0.717) is 24.3 Å². The lowest BCUT2D eigenvalue weighted by Gasteiger charge is -2.22. The molecule has 0 bridgehead atoms. The number of rotatable bonds is 8. The number of thiazole rings is 1. The molecule has 8 nitrogen and oxygen atoms in total. The van der Waals surface area contributed by atoms with Gasteiger partial charge in [0.2, 0.25) is 5.91 Å². The zero-order valence-corrected chi connectivity index (χ0v) is 20.1. The van der Waals surface area contributed by atoms with Gasteiger partial charge in [0.05, 0.1) is 22.7 Å². The molecule has 1 saturated heterocycles. The number of nitrogens with one attached hydrogen (secondary N) is 2. The van der Waals surface area contributed by atoms with Crippen LogP contribution in [0.3, 0.4) is 0 Å². The Bertz CT molecular complexity index is 1190. The van der Waals surface area contributed by atoms with Gasteiger partial charge in [-0.25, -0.2) is 9.78 Å². The normalized spacial score (nSPS) is 17.8. The molecule has 0 saturated carbocycles. The Morgan fingerprint density at radius 2 is 1.97 bits per heavy atom. The highest BCUT2D eigenvalue weighted by molar-refractivity contribution is 7.16. The van der Waals surface area contributed by atoms with E-state index in [1.807, 2.05) is 24.4 Å². The van der Waals surface area contributed by atoms with Crippen LogP contribution in [-0.2, 0) is 21.5 Å². The molecule has 2 aromatic heterocycles. The van der Waals surface area contributed by atoms with E-state index in [9.17, 15) is 14.4 Å². The first-order valence-corrected chi connectivity index (χ1v) is 12.1. The van der Waals surface area contributed by atoms with Crippen molar-refractivity contribution in [1.29, 1.82) is 0 Å². The number of hydrogen-bond donors (Lipinski definition) is 2. The van der Waals surface area contributed by atoms with Crippen LogP contribution in [0.25, 0.3) is 10.6 Å². The fourth-order valence-corrected chi connectivity index (χ4v) is 5.27. The summed E-state index contributed by atoms with van der Waals surface area (Å²) in [5.74, 6) is -0.200. The lowest BCUT2D eigenvalue weighted by Crippen LogP contribution is -2.43. The third-order valence-electron chi connectivity index (χ3n) is 5.47. The van der Waals surface area contributed by atoms with Crippen LogP contribution in [-0.4, -0.2) is 47.9 Å². The molecule has 4 amide bonds. The Balaban J connectivity index is 1.31. The van der Waals surface area contributed by atoms with Crippen molar-refractivity contribution < 1.29 is 19.1 Å². The van der Waals surface area contributed by atoms with E-state index >= 15 is 0 Å². The minimum atomic E-state index is -1.23. The molecule has 3 heterocycles. The maximum Gasteiger partial charge on any atom is 0.325 e.